The Balaban J connectivity index is 1.63. The van der Waals surface area contributed by atoms with Crippen molar-refractivity contribution in [2.45, 2.75) is 6.04 Å². The molecule has 0 aromatic heterocycles. The molecule has 0 bridgehead atoms. The largest absolute Gasteiger partial charge is 0.504 e. The van der Waals surface area contributed by atoms with Gasteiger partial charge >= 0.3 is 11.9 Å². The summed E-state index contributed by atoms with van der Waals surface area (Å²) in [4.78, 5) is 40.2. The van der Waals surface area contributed by atoms with Crippen LogP contribution in [0.5, 0.6) is 11.5 Å². The first-order valence-corrected chi connectivity index (χ1v) is 8.25. The number of imide groups is 1. The van der Waals surface area contributed by atoms with Crippen molar-refractivity contribution in [1.82, 2.24) is 24.8 Å². The first kappa shape index (κ1) is 18.9. The highest BCUT2D eigenvalue weighted by Gasteiger charge is 2.53. The van der Waals surface area contributed by atoms with Crippen LogP contribution in [0.2, 0.25) is 0 Å². The molecule has 2 N–H and O–H groups in total. The minimum atomic E-state index is -0.843. The molecule has 3 rings (SSSR count). The number of hydrogen-bond acceptors (Lipinski definition) is 7. The molecular weight excluding hydrogens is 368 g/mol. The fourth-order valence-corrected chi connectivity index (χ4v) is 2.86. The van der Waals surface area contributed by atoms with Crippen molar-refractivity contribution < 1.29 is 24.2 Å². The lowest BCUT2D eigenvalue weighted by atomic mass is 10.1. The van der Waals surface area contributed by atoms with Crippen LogP contribution in [-0.4, -0.2) is 89.8 Å². The molecule has 0 radical (unpaired) electrons. The third-order valence-electron chi connectivity index (χ3n) is 4.37. The normalized spacial score (nSPS) is 18.6. The van der Waals surface area contributed by atoms with Crippen molar-refractivity contribution >= 4 is 36.2 Å². The smallest absolute Gasteiger partial charge is 0.389 e. The summed E-state index contributed by atoms with van der Waals surface area (Å²) in [6.45, 7) is -0.194. The molecule has 1 aromatic carbocycles. The number of hydrazone groups is 1. The van der Waals surface area contributed by atoms with Gasteiger partial charge in [0.1, 0.15) is 6.54 Å². The molecule has 1 atom stereocenters. The van der Waals surface area contributed by atoms with Crippen LogP contribution in [0.1, 0.15) is 5.56 Å². The summed E-state index contributed by atoms with van der Waals surface area (Å²) in [5, 5.41) is 13.8. The highest BCUT2D eigenvalue weighted by atomic mass is 16.5. The molecule has 1 fully saturated rings. The van der Waals surface area contributed by atoms with Crippen LogP contribution < -0.4 is 14.8 Å². The quantitative estimate of drug-likeness (QED) is 0.361. The number of methoxy groups -OCH3 is 1. The summed E-state index contributed by atoms with van der Waals surface area (Å²) in [6.07, 6.45) is 2.62. The molecule has 2 aliphatic rings. The van der Waals surface area contributed by atoms with E-state index < -0.39 is 23.9 Å². The first-order chi connectivity index (χ1) is 13.3. The van der Waals surface area contributed by atoms with Crippen LogP contribution in [0.4, 0.5) is 4.79 Å². The van der Waals surface area contributed by atoms with Gasteiger partial charge in [-0.05, 0) is 12.1 Å². The molecule has 28 heavy (non-hydrogen) atoms. The number of hydrogen-bond donors (Lipinski definition) is 2. The average Bonchev–Trinajstić information content (AvgIpc) is 3.09. The molecule has 1 aromatic rings. The van der Waals surface area contributed by atoms with Gasteiger partial charge in [-0.1, -0.05) is 6.07 Å². The van der Waals surface area contributed by atoms with Crippen molar-refractivity contribution in [3.8, 4) is 11.5 Å². The number of phenolic OH excluding ortho intramolecular Hbond substituents is 1. The minimum absolute atomic E-state index is 0.0996. The maximum Gasteiger partial charge on any atom is 0.389 e. The summed E-state index contributed by atoms with van der Waals surface area (Å²) in [5.41, 5.74) is 2.69. The van der Waals surface area contributed by atoms with Crippen molar-refractivity contribution in [2.24, 2.45) is 5.10 Å². The van der Waals surface area contributed by atoms with Crippen molar-refractivity contribution in [2.75, 3.05) is 27.7 Å². The fraction of sp³-hybridized carbons (Fsp3) is 0.294. The molecule has 2 heterocycles. The Morgan fingerprint density at radius 1 is 1.36 bits per heavy atom. The zero-order valence-electron chi connectivity index (χ0n) is 15.5. The summed E-state index contributed by atoms with van der Waals surface area (Å²) in [7, 11) is 4.31. The van der Waals surface area contributed by atoms with E-state index in [0.29, 0.717) is 5.56 Å². The number of phenols is 1. The molecule has 146 valence electrons. The number of nitrogens with zero attached hydrogens (tertiary/aromatic N) is 5. The molecule has 11 nitrogen and oxygen atoms in total. The van der Waals surface area contributed by atoms with E-state index in [0.717, 1.165) is 4.90 Å². The van der Waals surface area contributed by atoms with E-state index in [1.165, 1.54) is 43.6 Å². The van der Waals surface area contributed by atoms with E-state index in [4.69, 9.17) is 4.74 Å². The number of urea groups is 1. The van der Waals surface area contributed by atoms with Crippen molar-refractivity contribution in [3.63, 3.8) is 0 Å². The summed E-state index contributed by atoms with van der Waals surface area (Å²) >= 11 is 0. The Labute approximate surface area is 160 Å². The maximum absolute atomic E-state index is 12.4. The van der Waals surface area contributed by atoms with Gasteiger partial charge in [-0.2, -0.15) is 10.0 Å². The zero-order valence-corrected chi connectivity index (χ0v) is 15.5. The van der Waals surface area contributed by atoms with E-state index in [-0.39, 0.29) is 23.9 Å². The van der Waals surface area contributed by atoms with Gasteiger partial charge in [0, 0.05) is 12.6 Å². The number of amidine groups is 1. The minimum Gasteiger partial charge on any atom is -0.504 e. The van der Waals surface area contributed by atoms with Crippen LogP contribution in [-0.2, 0) is 9.59 Å². The lowest BCUT2D eigenvalue weighted by Gasteiger charge is -2.29. The number of rotatable bonds is 5. The molecule has 0 spiro atoms. The number of para-hydroxylation sites is 1. The van der Waals surface area contributed by atoms with Crippen LogP contribution in [0.3, 0.4) is 0 Å². The molecule has 1 saturated heterocycles. The van der Waals surface area contributed by atoms with Crippen molar-refractivity contribution in [3.05, 3.63) is 23.8 Å². The molecule has 1 unspecified atom stereocenters. The molecule has 0 saturated carbocycles. The Kier molecular flexibility index (Phi) is 5.01. The summed E-state index contributed by atoms with van der Waals surface area (Å²) in [5.74, 6) is -0.511. The monoisotopic (exact) mass is 387 g/mol. The summed E-state index contributed by atoms with van der Waals surface area (Å²) < 4.78 is 9.08. The molecule has 0 aliphatic carbocycles. The number of fused-ring (bicyclic) bond motifs is 1. The lowest BCUT2D eigenvalue weighted by molar-refractivity contribution is -0.131. The SMILES string of the molecule is COc1cccc(/C=N/NC(=O)CN2C=[N+]=C3C2C(=O)N(C)C(=O)N3C)c1O. The predicted octanol–water partition coefficient (Wildman–Crippen LogP) is -1.45. The molecular formula is C17H19N6O5+. The Morgan fingerprint density at radius 3 is 2.82 bits per heavy atom. The number of carbonyl (C=O) groups is 3. The van der Waals surface area contributed by atoms with E-state index in [1.54, 1.807) is 18.2 Å². The standard InChI is InChI=1S/C17H18N6O5/c1-21-15-13(16(26)22(2)17(21)27)23(9-18-15)8-12(24)20-19-7-10-5-4-6-11(28-3)14(10)25/h4-7,9,13H,8H2,1-3H3,(H-,19,20,24,25)/p+1. The predicted molar refractivity (Wildman–Crippen MR) is 100 cm³/mol. The first-order valence-electron chi connectivity index (χ1n) is 8.25. The Morgan fingerprint density at radius 2 is 2.11 bits per heavy atom. The second kappa shape index (κ2) is 7.41. The van der Waals surface area contributed by atoms with Gasteiger partial charge in [0.25, 0.3) is 24.2 Å². The second-order valence-corrected chi connectivity index (χ2v) is 6.11. The molecule has 11 heteroatoms. The van der Waals surface area contributed by atoms with E-state index in [2.05, 4.69) is 15.2 Å². The van der Waals surface area contributed by atoms with E-state index in [1.807, 2.05) is 0 Å². The molecule has 4 amide bonds. The number of benzene rings is 1. The van der Waals surface area contributed by atoms with Gasteiger partial charge < -0.3 is 9.84 Å². The van der Waals surface area contributed by atoms with Gasteiger partial charge in [-0.25, -0.2) is 14.9 Å². The van der Waals surface area contributed by atoms with E-state index >= 15 is 0 Å². The number of ether oxygens (including phenoxy) is 1. The Hall–Kier alpha value is -3.85. The lowest BCUT2D eigenvalue weighted by Crippen LogP contribution is -2.63. The van der Waals surface area contributed by atoms with Gasteiger partial charge in [0.15, 0.2) is 11.5 Å². The number of nitrogens with one attached hydrogen (secondary N) is 1. The highest BCUT2D eigenvalue weighted by Crippen LogP contribution is 2.27. The number of carbonyl (C=O) groups excluding carboxylic acids is 3. The highest BCUT2D eigenvalue weighted by molar-refractivity contribution is 6.22. The van der Waals surface area contributed by atoms with Gasteiger partial charge in [-0.3, -0.25) is 19.4 Å². The van der Waals surface area contributed by atoms with Gasteiger partial charge in [0.05, 0.1) is 20.4 Å². The average molecular weight is 387 g/mol. The van der Waals surface area contributed by atoms with Crippen LogP contribution >= 0.6 is 0 Å². The second-order valence-electron chi connectivity index (χ2n) is 6.11. The summed E-state index contributed by atoms with van der Waals surface area (Å²) in [6, 6.07) is 3.53. The molecule has 2 aliphatic heterocycles. The third kappa shape index (κ3) is 3.26. The van der Waals surface area contributed by atoms with Crippen LogP contribution in [0, 0.1) is 0 Å². The number of amides is 4. The third-order valence-corrected chi connectivity index (χ3v) is 4.37. The topological polar surface area (TPSA) is 129 Å². The van der Waals surface area contributed by atoms with Gasteiger partial charge in [-0.15, -0.1) is 0 Å². The van der Waals surface area contributed by atoms with Gasteiger partial charge in [0.2, 0.25) is 0 Å². The van der Waals surface area contributed by atoms with Crippen LogP contribution in [0.15, 0.2) is 23.3 Å². The number of aromatic hydroxyl groups is 1. The fourth-order valence-electron chi connectivity index (χ4n) is 2.86. The van der Waals surface area contributed by atoms with E-state index in [9.17, 15) is 19.5 Å². The van der Waals surface area contributed by atoms with Crippen molar-refractivity contribution in [1.29, 1.82) is 0 Å². The van der Waals surface area contributed by atoms with Crippen LogP contribution in [0.25, 0.3) is 0 Å². The zero-order chi connectivity index (χ0) is 20.4. The maximum atomic E-state index is 12.4. The Bertz CT molecular complexity index is 936. The number of likely N-dealkylation sites (N-methyl/N-ethyl adjacent to an activating group) is 2.